The Bertz CT molecular complexity index is 1240. The standard InChI is InChI=1S/C25H24N2O6/c1-15(28)26(16(2)29)22(25(32)33-4)14-20-19-12-8-9-13-21(19)27(17(3)30)23(20)24(31)18-10-6-5-7-11-18/h5-13,22H,14H2,1-4H3. The van der Waals surface area contributed by atoms with E-state index in [0.717, 1.165) is 12.0 Å². The summed E-state index contributed by atoms with van der Waals surface area (Å²) in [5, 5.41) is 0.563. The van der Waals surface area contributed by atoms with Crippen LogP contribution in [0, 0.1) is 0 Å². The molecule has 0 spiro atoms. The number of carbonyl (C=O) groups excluding carboxylic acids is 5. The van der Waals surface area contributed by atoms with Crippen LogP contribution in [0.15, 0.2) is 54.6 Å². The Balaban J connectivity index is 2.32. The van der Waals surface area contributed by atoms with Crippen molar-refractivity contribution in [3.8, 4) is 0 Å². The number of amides is 2. The van der Waals surface area contributed by atoms with Gasteiger partial charge in [0, 0.05) is 38.1 Å². The van der Waals surface area contributed by atoms with E-state index in [1.54, 1.807) is 54.6 Å². The molecule has 0 radical (unpaired) electrons. The van der Waals surface area contributed by atoms with Crippen molar-refractivity contribution < 1.29 is 28.7 Å². The van der Waals surface area contributed by atoms with Crippen LogP contribution in [0.3, 0.4) is 0 Å². The van der Waals surface area contributed by atoms with Crippen molar-refractivity contribution in [2.45, 2.75) is 33.2 Å². The first-order chi connectivity index (χ1) is 15.7. The highest BCUT2D eigenvalue weighted by Gasteiger charge is 2.35. The third-order valence-electron chi connectivity index (χ3n) is 5.41. The van der Waals surface area contributed by atoms with Gasteiger partial charge in [0.25, 0.3) is 0 Å². The van der Waals surface area contributed by atoms with Crippen molar-refractivity contribution in [3.63, 3.8) is 0 Å². The van der Waals surface area contributed by atoms with E-state index in [-0.39, 0.29) is 18.0 Å². The number of rotatable bonds is 6. The van der Waals surface area contributed by atoms with Crippen LogP contribution >= 0.6 is 0 Å². The molecule has 1 heterocycles. The molecule has 0 N–H and O–H groups in total. The molecule has 2 aromatic carbocycles. The predicted octanol–water partition coefficient (Wildman–Crippen LogP) is 3.01. The molecule has 1 aromatic heterocycles. The van der Waals surface area contributed by atoms with Gasteiger partial charge in [0.2, 0.25) is 23.5 Å². The Morgan fingerprint density at radius 1 is 0.879 bits per heavy atom. The zero-order chi connectivity index (χ0) is 24.3. The summed E-state index contributed by atoms with van der Waals surface area (Å²) in [6.07, 6.45) is -0.194. The van der Waals surface area contributed by atoms with E-state index in [1.807, 2.05) is 0 Å². The highest BCUT2D eigenvalue weighted by atomic mass is 16.5. The summed E-state index contributed by atoms with van der Waals surface area (Å²) < 4.78 is 6.18. The van der Waals surface area contributed by atoms with Crippen LogP contribution in [-0.2, 0) is 25.5 Å². The van der Waals surface area contributed by atoms with E-state index in [0.29, 0.717) is 22.0 Å². The quantitative estimate of drug-likeness (QED) is 0.424. The topological polar surface area (TPSA) is 103 Å². The Hall–Kier alpha value is -4.07. The molecular weight excluding hydrogens is 424 g/mol. The molecule has 1 atom stereocenters. The highest BCUT2D eigenvalue weighted by Crippen LogP contribution is 2.30. The third-order valence-corrected chi connectivity index (χ3v) is 5.41. The van der Waals surface area contributed by atoms with E-state index in [9.17, 15) is 24.0 Å². The van der Waals surface area contributed by atoms with E-state index in [4.69, 9.17) is 4.74 Å². The number of para-hydroxylation sites is 1. The maximum Gasteiger partial charge on any atom is 0.329 e. The second-order valence-electron chi connectivity index (χ2n) is 7.55. The molecule has 3 aromatic rings. The van der Waals surface area contributed by atoms with Gasteiger partial charge in [-0.05, 0) is 11.6 Å². The van der Waals surface area contributed by atoms with Crippen LogP contribution in [0.1, 0.15) is 47.2 Å². The fourth-order valence-corrected chi connectivity index (χ4v) is 4.08. The molecule has 0 aliphatic rings. The molecule has 0 aliphatic carbocycles. The van der Waals surface area contributed by atoms with Gasteiger partial charge in [-0.2, -0.15) is 0 Å². The van der Waals surface area contributed by atoms with Crippen LogP contribution in [0.4, 0.5) is 0 Å². The summed E-state index contributed by atoms with van der Waals surface area (Å²) in [5.74, 6) is -2.88. The number of methoxy groups -OCH3 is 1. The lowest BCUT2D eigenvalue weighted by atomic mass is 9.97. The molecule has 0 saturated heterocycles. The number of nitrogens with zero attached hydrogens (tertiary/aromatic N) is 2. The molecule has 33 heavy (non-hydrogen) atoms. The first-order valence-corrected chi connectivity index (χ1v) is 10.3. The predicted molar refractivity (Wildman–Crippen MR) is 121 cm³/mol. The van der Waals surface area contributed by atoms with Crippen molar-refractivity contribution in [1.82, 2.24) is 9.47 Å². The van der Waals surface area contributed by atoms with Crippen molar-refractivity contribution in [2.75, 3.05) is 7.11 Å². The minimum Gasteiger partial charge on any atom is -0.467 e. The van der Waals surface area contributed by atoms with Gasteiger partial charge in [-0.3, -0.25) is 28.6 Å². The minimum atomic E-state index is -1.31. The number of ketones is 1. The number of imide groups is 1. The van der Waals surface area contributed by atoms with Gasteiger partial charge in [0.15, 0.2) is 0 Å². The number of ether oxygens (including phenoxy) is 1. The lowest BCUT2D eigenvalue weighted by molar-refractivity contribution is -0.158. The second kappa shape index (κ2) is 9.60. The smallest absolute Gasteiger partial charge is 0.329 e. The van der Waals surface area contributed by atoms with E-state index >= 15 is 0 Å². The van der Waals surface area contributed by atoms with Crippen molar-refractivity contribution in [2.24, 2.45) is 0 Å². The maximum absolute atomic E-state index is 13.6. The number of fused-ring (bicyclic) bond motifs is 1. The number of hydrogen-bond acceptors (Lipinski definition) is 6. The summed E-state index contributed by atoms with van der Waals surface area (Å²) in [4.78, 5) is 64.2. The zero-order valence-corrected chi connectivity index (χ0v) is 18.8. The zero-order valence-electron chi connectivity index (χ0n) is 18.8. The van der Waals surface area contributed by atoms with Crippen LogP contribution in [-0.4, -0.2) is 52.1 Å². The van der Waals surface area contributed by atoms with Gasteiger partial charge in [-0.25, -0.2) is 4.79 Å². The summed E-state index contributed by atoms with van der Waals surface area (Å²) in [6, 6.07) is 14.0. The van der Waals surface area contributed by atoms with Crippen LogP contribution in [0.25, 0.3) is 10.9 Å². The third kappa shape index (κ3) is 4.45. The van der Waals surface area contributed by atoms with Crippen molar-refractivity contribution in [3.05, 3.63) is 71.4 Å². The summed E-state index contributed by atoms with van der Waals surface area (Å²) >= 11 is 0. The molecule has 1 unspecified atom stereocenters. The van der Waals surface area contributed by atoms with Gasteiger partial charge in [-0.15, -0.1) is 0 Å². The lowest BCUT2D eigenvalue weighted by Crippen LogP contribution is -2.48. The Morgan fingerprint density at radius 2 is 1.45 bits per heavy atom. The van der Waals surface area contributed by atoms with Gasteiger partial charge in [0.05, 0.1) is 12.6 Å². The molecule has 170 valence electrons. The largest absolute Gasteiger partial charge is 0.467 e. The SMILES string of the molecule is COC(=O)C(Cc1c(C(=O)c2ccccc2)n(C(C)=O)c2ccccc12)N(C(C)=O)C(C)=O. The number of esters is 1. The minimum absolute atomic E-state index is 0.0795. The number of hydrogen-bond donors (Lipinski definition) is 0. The van der Waals surface area contributed by atoms with E-state index < -0.39 is 29.6 Å². The lowest BCUT2D eigenvalue weighted by Gasteiger charge is -2.26. The molecule has 0 bridgehead atoms. The highest BCUT2D eigenvalue weighted by molar-refractivity contribution is 6.15. The van der Waals surface area contributed by atoms with Crippen molar-refractivity contribution >= 4 is 40.4 Å². The van der Waals surface area contributed by atoms with Crippen LogP contribution in [0.2, 0.25) is 0 Å². The molecule has 2 amide bonds. The second-order valence-corrected chi connectivity index (χ2v) is 7.55. The van der Waals surface area contributed by atoms with Gasteiger partial charge in [0.1, 0.15) is 11.7 Å². The monoisotopic (exact) mass is 448 g/mol. The molecule has 3 rings (SSSR count). The van der Waals surface area contributed by atoms with Crippen LogP contribution < -0.4 is 0 Å². The normalized spacial score (nSPS) is 11.6. The first-order valence-electron chi connectivity index (χ1n) is 10.3. The number of benzene rings is 2. The van der Waals surface area contributed by atoms with Gasteiger partial charge in [-0.1, -0.05) is 48.5 Å². The Labute approximate surface area is 190 Å². The van der Waals surface area contributed by atoms with Crippen LogP contribution in [0.5, 0.6) is 0 Å². The number of aromatic nitrogens is 1. The fraction of sp³-hybridized carbons (Fsp3) is 0.240. The van der Waals surface area contributed by atoms with E-state index in [1.165, 1.54) is 25.3 Å². The van der Waals surface area contributed by atoms with Crippen molar-refractivity contribution in [1.29, 1.82) is 0 Å². The summed E-state index contributed by atoms with van der Waals surface area (Å²) in [5.41, 5.74) is 1.29. The number of carbonyl (C=O) groups is 5. The van der Waals surface area contributed by atoms with Gasteiger partial charge >= 0.3 is 5.97 Å². The Morgan fingerprint density at radius 3 is 2.00 bits per heavy atom. The maximum atomic E-state index is 13.6. The Kier molecular flexibility index (Phi) is 6.86. The molecular formula is C25H24N2O6. The average Bonchev–Trinajstić information content (AvgIpc) is 3.12. The fourth-order valence-electron chi connectivity index (χ4n) is 4.08. The summed E-state index contributed by atoms with van der Waals surface area (Å²) in [6.45, 7) is 3.69. The first kappa shape index (κ1) is 23.6. The molecule has 0 fully saturated rings. The molecule has 0 aliphatic heterocycles. The summed E-state index contributed by atoms with van der Waals surface area (Å²) in [7, 11) is 1.16. The van der Waals surface area contributed by atoms with E-state index in [2.05, 4.69) is 0 Å². The average molecular weight is 448 g/mol. The van der Waals surface area contributed by atoms with Gasteiger partial charge < -0.3 is 4.74 Å². The molecule has 8 heteroatoms. The molecule has 8 nitrogen and oxygen atoms in total. The molecule has 0 saturated carbocycles.